The molecule has 0 aliphatic carbocycles. The van der Waals surface area contributed by atoms with Gasteiger partial charge in [0.15, 0.2) is 0 Å². The van der Waals surface area contributed by atoms with E-state index in [9.17, 15) is 0 Å². The van der Waals surface area contributed by atoms with Gasteiger partial charge < -0.3 is 0 Å². The van der Waals surface area contributed by atoms with Crippen LogP contribution >= 0.6 is 23.2 Å². The van der Waals surface area contributed by atoms with Gasteiger partial charge in [0.25, 0.3) is 0 Å². The molecule has 0 spiro atoms. The number of hydrogen-bond acceptors (Lipinski definition) is 0. The van der Waals surface area contributed by atoms with Crippen LogP contribution in [0.2, 0.25) is 0 Å². The van der Waals surface area contributed by atoms with Crippen LogP contribution in [0.4, 0.5) is 0 Å². The van der Waals surface area contributed by atoms with Gasteiger partial charge in [-0.05, 0) is 13.3 Å². The summed E-state index contributed by atoms with van der Waals surface area (Å²) < 4.78 is 0. The normalized spacial score (nSPS) is 18.0. The summed E-state index contributed by atoms with van der Waals surface area (Å²) in [4.78, 5) is 0. The Morgan fingerprint density at radius 3 is 2.00 bits per heavy atom. The van der Waals surface area contributed by atoms with Gasteiger partial charge >= 0.3 is 0 Å². The molecule has 0 saturated carbocycles. The van der Waals surface area contributed by atoms with Gasteiger partial charge in [0.05, 0.1) is 0 Å². The number of rotatable bonds is 3. The van der Waals surface area contributed by atoms with Crippen LogP contribution < -0.4 is 0 Å². The summed E-state index contributed by atoms with van der Waals surface area (Å²) >= 11 is 11.5. The monoisotopic (exact) mass is 154 g/mol. The SMILES string of the molecule is CCC[C@@H](Cl)[C@@H](C)Cl. The Labute approximate surface area is 61.2 Å². The smallest absolute Gasteiger partial charge is 0.0496 e. The first-order chi connectivity index (χ1) is 3.68. The summed E-state index contributed by atoms with van der Waals surface area (Å²) in [6.45, 7) is 4.03. The zero-order valence-corrected chi connectivity index (χ0v) is 6.84. The van der Waals surface area contributed by atoms with E-state index in [1.54, 1.807) is 0 Å². The molecule has 0 N–H and O–H groups in total. The summed E-state index contributed by atoms with van der Waals surface area (Å²) in [6.07, 6.45) is 2.14. The number of halogens is 2. The Kier molecular flexibility index (Phi) is 4.78. The van der Waals surface area contributed by atoms with E-state index in [-0.39, 0.29) is 10.8 Å². The fraction of sp³-hybridized carbons (Fsp3) is 1.00. The molecule has 0 saturated heterocycles. The molecule has 0 aromatic carbocycles. The molecule has 0 aliphatic heterocycles. The summed E-state index contributed by atoms with van der Waals surface area (Å²) in [5, 5.41) is 0.262. The van der Waals surface area contributed by atoms with Gasteiger partial charge in [0, 0.05) is 10.8 Å². The molecular formula is C6H12Cl2. The Bertz CT molecular complexity index is 52.5. The first-order valence-corrected chi connectivity index (χ1v) is 3.84. The van der Waals surface area contributed by atoms with Gasteiger partial charge in [-0.1, -0.05) is 13.3 Å². The van der Waals surface area contributed by atoms with Crippen molar-refractivity contribution < 1.29 is 0 Å². The van der Waals surface area contributed by atoms with E-state index in [0.717, 1.165) is 12.8 Å². The minimum Gasteiger partial charge on any atom is -0.122 e. The lowest BCUT2D eigenvalue weighted by Gasteiger charge is -2.08. The van der Waals surface area contributed by atoms with E-state index in [1.165, 1.54) is 0 Å². The largest absolute Gasteiger partial charge is 0.122 e. The van der Waals surface area contributed by atoms with Gasteiger partial charge in [0.1, 0.15) is 0 Å². The van der Waals surface area contributed by atoms with Crippen molar-refractivity contribution in [2.24, 2.45) is 0 Å². The van der Waals surface area contributed by atoms with Crippen LogP contribution in [0.1, 0.15) is 26.7 Å². The maximum Gasteiger partial charge on any atom is 0.0496 e. The summed E-state index contributed by atoms with van der Waals surface area (Å²) in [5.41, 5.74) is 0. The molecule has 2 heteroatoms. The molecular weight excluding hydrogens is 143 g/mol. The lowest BCUT2D eigenvalue weighted by atomic mass is 10.2. The van der Waals surface area contributed by atoms with Crippen molar-refractivity contribution in [2.75, 3.05) is 0 Å². The van der Waals surface area contributed by atoms with Crippen molar-refractivity contribution in [3.8, 4) is 0 Å². The van der Waals surface area contributed by atoms with E-state index in [2.05, 4.69) is 6.92 Å². The fourth-order valence-corrected chi connectivity index (χ4v) is 0.850. The quantitative estimate of drug-likeness (QED) is 0.549. The Hall–Kier alpha value is 0.580. The number of alkyl halides is 2. The van der Waals surface area contributed by atoms with Crippen LogP contribution in [0.3, 0.4) is 0 Å². The third-order valence-corrected chi connectivity index (χ3v) is 2.09. The van der Waals surface area contributed by atoms with Crippen molar-refractivity contribution in [3.05, 3.63) is 0 Å². The highest BCUT2D eigenvalue weighted by Gasteiger charge is 2.08. The molecule has 0 nitrogen and oxygen atoms in total. The third-order valence-electron chi connectivity index (χ3n) is 1.06. The molecule has 0 aromatic rings. The van der Waals surface area contributed by atoms with Gasteiger partial charge in [-0.2, -0.15) is 0 Å². The lowest BCUT2D eigenvalue weighted by Crippen LogP contribution is -2.09. The predicted molar refractivity (Wildman–Crippen MR) is 39.9 cm³/mol. The van der Waals surface area contributed by atoms with Crippen molar-refractivity contribution in [1.29, 1.82) is 0 Å². The van der Waals surface area contributed by atoms with Crippen molar-refractivity contribution in [3.63, 3.8) is 0 Å². The van der Waals surface area contributed by atoms with Gasteiger partial charge in [-0.3, -0.25) is 0 Å². The van der Waals surface area contributed by atoms with Gasteiger partial charge in [0.2, 0.25) is 0 Å². The van der Waals surface area contributed by atoms with Crippen LogP contribution in [0, 0.1) is 0 Å². The first kappa shape index (κ1) is 8.58. The standard InChI is InChI=1S/C6H12Cl2/c1-3-4-6(8)5(2)7/h5-6H,3-4H2,1-2H3/t5-,6-/m1/s1. The van der Waals surface area contributed by atoms with Gasteiger partial charge in [-0.15, -0.1) is 23.2 Å². The topological polar surface area (TPSA) is 0 Å². The Balaban J connectivity index is 3.17. The van der Waals surface area contributed by atoms with Crippen LogP contribution in [0.5, 0.6) is 0 Å². The summed E-state index contributed by atoms with van der Waals surface area (Å²) in [7, 11) is 0. The highest BCUT2D eigenvalue weighted by molar-refractivity contribution is 6.29. The van der Waals surface area contributed by atoms with Gasteiger partial charge in [-0.25, -0.2) is 0 Å². The molecule has 8 heavy (non-hydrogen) atoms. The molecule has 2 atom stereocenters. The van der Waals surface area contributed by atoms with Crippen molar-refractivity contribution in [2.45, 2.75) is 37.4 Å². The fourth-order valence-electron chi connectivity index (χ4n) is 0.505. The van der Waals surface area contributed by atoms with E-state index < -0.39 is 0 Å². The van der Waals surface area contributed by atoms with E-state index in [0.29, 0.717) is 0 Å². The molecule has 0 aromatic heterocycles. The molecule has 0 amide bonds. The Morgan fingerprint density at radius 2 is 1.88 bits per heavy atom. The molecule has 0 unspecified atom stereocenters. The van der Waals surface area contributed by atoms with Crippen LogP contribution in [-0.2, 0) is 0 Å². The van der Waals surface area contributed by atoms with Crippen LogP contribution in [0.15, 0.2) is 0 Å². The molecule has 0 bridgehead atoms. The zero-order valence-electron chi connectivity index (χ0n) is 5.32. The molecule has 0 heterocycles. The van der Waals surface area contributed by atoms with E-state index >= 15 is 0 Å². The maximum absolute atomic E-state index is 5.78. The van der Waals surface area contributed by atoms with Crippen molar-refractivity contribution in [1.82, 2.24) is 0 Å². The summed E-state index contributed by atoms with van der Waals surface area (Å²) in [6, 6.07) is 0. The second-order valence-corrected chi connectivity index (χ2v) is 3.23. The molecule has 0 radical (unpaired) electrons. The predicted octanol–water partition coefficient (Wildman–Crippen LogP) is 3.02. The molecule has 0 fully saturated rings. The second-order valence-electron chi connectivity index (χ2n) is 1.98. The summed E-state index contributed by atoms with van der Waals surface area (Å²) in [5.74, 6) is 0. The second kappa shape index (κ2) is 4.46. The lowest BCUT2D eigenvalue weighted by molar-refractivity contribution is 0.717. The zero-order chi connectivity index (χ0) is 6.57. The first-order valence-electron chi connectivity index (χ1n) is 2.96. The molecule has 0 aliphatic rings. The van der Waals surface area contributed by atoms with Crippen LogP contribution in [0.25, 0.3) is 0 Å². The molecule has 50 valence electrons. The highest BCUT2D eigenvalue weighted by atomic mass is 35.5. The number of hydrogen-bond donors (Lipinski definition) is 0. The highest BCUT2D eigenvalue weighted by Crippen LogP contribution is 2.13. The third kappa shape index (κ3) is 3.57. The molecule has 0 rings (SSSR count). The average Bonchev–Trinajstić information content (AvgIpc) is 1.67. The van der Waals surface area contributed by atoms with E-state index in [4.69, 9.17) is 23.2 Å². The van der Waals surface area contributed by atoms with E-state index in [1.807, 2.05) is 6.92 Å². The Morgan fingerprint density at radius 1 is 1.38 bits per heavy atom. The van der Waals surface area contributed by atoms with Crippen molar-refractivity contribution >= 4 is 23.2 Å². The average molecular weight is 155 g/mol. The maximum atomic E-state index is 5.78. The minimum atomic E-state index is 0.108. The minimum absolute atomic E-state index is 0.108. The van der Waals surface area contributed by atoms with Crippen LogP contribution in [-0.4, -0.2) is 10.8 Å².